The number of nitrogens with one attached hydrogen (secondary N) is 3. The summed E-state index contributed by atoms with van der Waals surface area (Å²) in [6.07, 6.45) is 0.864. The Kier molecular flexibility index (Phi) is 3.34. The van der Waals surface area contributed by atoms with Crippen LogP contribution in [-0.4, -0.2) is 32.2 Å². The zero-order chi connectivity index (χ0) is 15.8. The molecule has 1 aliphatic rings. The van der Waals surface area contributed by atoms with Crippen LogP contribution < -0.4 is 10.6 Å². The Labute approximate surface area is 133 Å². The minimum Gasteiger partial charge on any atom is -0.312 e. The summed E-state index contributed by atoms with van der Waals surface area (Å²) in [7, 11) is 0. The van der Waals surface area contributed by atoms with Crippen LogP contribution in [0.1, 0.15) is 28.7 Å². The molecule has 3 aromatic rings. The van der Waals surface area contributed by atoms with Gasteiger partial charge in [-0.1, -0.05) is 12.1 Å². The van der Waals surface area contributed by atoms with Crippen molar-refractivity contribution in [2.75, 3.05) is 11.9 Å². The molecule has 0 bridgehead atoms. The Hall–Kier alpha value is -2.67. The molecule has 23 heavy (non-hydrogen) atoms. The molecule has 7 heteroatoms. The lowest BCUT2D eigenvalue weighted by molar-refractivity contribution is 0.102. The number of rotatable bonds is 3. The molecule has 0 saturated carbocycles. The highest BCUT2D eigenvalue weighted by Gasteiger charge is 2.23. The predicted molar refractivity (Wildman–Crippen MR) is 87.4 cm³/mol. The summed E-state index contributed by atoms with van der Waals surface area (Å²) in [5.41, 5.74) is 4.32. The molecule has 0 atom stereocenters. The second kappa shape index (κ2) is 5.51. The molecule has 0 spiro atoms. The lowest BCUT2D eigenvalue weighted by Gasteiger charge is -2.13. The maximum atomic E-state index is 12.6. The SMILES string of the molecule is CCn1c(NC(=O)c2n[nH]c3c2CNCC3)nc2ccccc21. The maximum Gasteiger partial charge on any atom is 0.278 e. The first-order valence-electron chi connectivity index (χ1n) is 7.81. The third kappa shape index (κ3) is 2.29. The van der Waals surface area contributed by atoms with Crippen LogP contribution in [0, 0.1) is 0 Å². The Morgan fingerprint density at radius 3 is 3.13 bits per heavy atom. The number of benzene rings is 1. The summed E-state index contributed by atoms with van der Waals surface area (Å²) in [4.78, 5) is 17.1. The van der Waals surface area contributed by atoms with Gasteiger partial charge in [-0.2, -0.15) is 5.10 Å². The van der Waals surface area contributed by atoms with Gasteiger partial charge in [-0.05, 0) is 19.1 Å². The first-order valence-corrected chi connectivity index (χ1v) is 7.81. The van der Waals surface area contributed by atoms with Crippen molar-refractivity contribution in [3.05, 3.63) is 41.2 Å². The van der Waals surface area contributed by atoms with E-state index in [0.717, 1.165) is 41.8 Å². The van der Waals surface area contributed by atoms with E-state index >= 15 is 0 Å². The average Bonchev–Trinajstić information content (AvgIpc) is 3.15. The molecule has 7 nitrogen and oxygen atoms in total. The zero-order valence-corrected chi connectivity index (χ0v) is 12.9. The number of aromatic nitrogens is 4. The number of para-hydroxylation sites is 2. The molecule has 2 aromatic heterocycles. The van der Waals surface area contributed by atoms with E-state index in [0.29, 0.717) is 18.2 Å². The number of hydrogen-bond donors (Lipinski definition) is 3. The fourth-order valence-electron chi connectivity index (χ4n) is 3.06. The average molecular weight is 310 g/mol. The molecule has 1 amide bonds. The smallest absolute Gasteiger partial charge is 0.278 e. The number of fused-ring (bicyclic) bond motifs is 2. The standard InChI is InChI=1S/C16H18N6O/c1-2-22-13-6-4-3-5-12(13)18-16(22)19-15(23)14-10-9-17-8-7-11(10)20-21-14/h3-6,17H,2,7-9H2,1H3,(H,20,21)(H,18,19,23). The van der Waals surface area contributed by atoms with Crippen LogP contribution in [-0.2, 0) is 19.5 Å². The Balaban J connectivity index is 1.68. The second-order valence-electron chi connectivity index (χ2n) is 5.58. The third-order valence-corrected chi connectivity index (χ3v) is 4.22. The summed E-state index contributed by atoms with van der Waals surface area (Å²) in [6, 6.07) is 7.85. The van der Waals surface area contributed by atoms with E-state index in [2.05, 4.69) is 25.8 Å². The van der Waals surface area contributed by atoms with E-state index in [1.165, 1.54) is 0 Å². The van der Waals surface area contributed by atoms with Gasteiger partial charge in [0, 0.05) is 37.3 Å². The summed E-state index contributed by atoms with van der Waals surface area (Å²) in [5.74, 6) is 0.329. The van der Waals surface area contributed by atoms with E-state index in [1.54, 1.807) is 0 Å². The van der Waals surface area contributed by atoms with Crippen LogP contribution in [0.15, 0.2) is 24.3 Å². The van der Waals surface area contributed by atoms with E-state index < -0.39 is 0 Å². The molecule has 0 fully saturated rings. The molecule has 3 N–H and O–H groups in total. The number of carbonyl (C=O) groups is 1. The highest BCUT2D eigenvalue weighted by Crippen LogP contribution is 2.21. The number of amides is 1. The molecular formula is C16H18N6O. The molecule has 4 rings (SSSR count). The Morgan fingerprint density at radius 1 is 1.39 bits per heavy atom. The first-order chi connectivity index (χ1) is 11.3. The van der Waals surface area contributed by atoms with Gasteiger partial charge in [-0.15, -0.1) is 0 Å². The molecule has 3 heterocycles. The molecule has 118 valence electrons. The number of H-pyrrole nitrogens is 1. The Bertz CT molecular complexity index is 878. The fourth-order valence-corrected chi connectivity index (χ4v) is 3.06. The van der Waals surface area contributed by atoms with E-state index in [-0.39, 0.29) is 5.91 Å². The van der Waals surface area contributed by atoms with Crippen LogP contribution in [0.4, 0.5) is 5.95 Å². The minimum absolute atomic E-state index is 0.226. The lowest BCUT2D eigenvalue weighted by Crippen LogP contribution is -2.25. The number of aromatic amines is 1. The fraction of sp³-hybridized carbons (Fsp3) is 0.312. The summed E-state index contributed by atoms with van der Waals surface area (Å²) >= 11 is 0. The van der Waals surface area contributed by atoms with Gasteiger partial charge < -0.3 is 9.88 Å². The second-order valence-corrected chi connectivity index (χ2v) is 5.58. The van der Waals surface area contributed by atoms with Crippen molar-refractivity contribution in [3.63, 3.8) is 0 Å². The number of imidazole rings is 1. The van der Waals surface area contributed by atoms with Gasteiger partial charge >= 0.3 is 0 Å². The van der Waals surface area contributed by atoms with Crippen LogP contribution in [0.5, 0.6) is 0 Å². The van der Waals surface area contributed by atoms with E-state index in [1.807, 2.05) is 35.8 Å². The van der Waals surface area contributed by atoms with E-state index in [9.17, 15) is 4.79 Å². The summed E-state index contributed by atoms with van der Waals surface area (Å²) in [6.45, 7) is 4.33. The monoisotopic (exact) mass is 310 g/mol. The topological polar surface area (TPSA) is 87.6 Å². The minimum atomic E-state index is -0.226. The van der Waals surface area contributed by atoms with E-state index in [4.69, 9.17) is 0 Å². The van der Waals surface area contributed by atoms with Crippen molar-refractivity contribution in [1.82, 2.24) is 25.1 Å². The van der Waals surface area contributed by atoms with Gasteiger partial charge in [0.05, 0.1) is 11.0 Å². The zero-order valence-electron chi connectivity index (χ0n) is 12.9. The molecule has 0 radical (unpaired) electrons. The third-order valence-electron chi connectivity index (χ3n) is 4.22. The van der Waals surface area contributed by atoms with Crippen molar-refractivity contribution >= 4 is 22.9 Å². The normalized spacial score (nSPS) is 14.0. The molecule has 0 saturated heterocycles. The van der Waals surface area contributed by atoms with Crippen LogP contribution in [0.25, 0.3) is 11.0 Å². The van der Waals surface area contributed by atoms with Crippen LogP contribution in [0.3, 0.4) is 0 Å². The predicted octanol–water partition coefficient (Wildman–Crippen LogP) is 1.68. The number of aryl methyl sites for hydroxylation is 1. The van der Waals surface area contributed by atoms with Gasteiger partial charge in [0.1, 0.15) is 0 Å². The van der Waals surface area contributed by atoms with Gasteiger partial charge in [0.25, 0.3) is 5.91 Å². The van der Waals surface area contributed by atoms with Crippen molar-refractivity contribution in [2.45, 2.75) is 26.4 Å². The number of nitrogens with zero attached hydrogens (tertiary/aromatic N) is 3. The highest BCUT2D eigenvalue weighted by molar-refractivity contribution is 6.03. The van der Waals surface area contributed by atoms with Crippen molar-refractivity contribution in [1.29, 1.82) is 0 Å². The number of carbonyl (C=O) groups excluding carboxylic acids is 1. The largest absolute Gasteiger partial charge is 0.312 e. The quantitative estimate of drug-likeness (QED) is 0.687. The van der Waals surface area contributed by atoms with Crippen LogP contribution in [0.2, 0.25) is 0 Å². The lowest BCUT2D eigenvalue weighted by atomic mass is 10.1. The number of hydrogen-bond acceptors (Lipinski definition) is 4. The maximum absolute atomic E-state index is 12.6. The number of anilines is 1. The first kappa shape index (κ1) is 14.0. The molecule has 0 unspecified atom stereocenters. The Morgan fingerprint density at radius 2 is 2.26 bits per heavy atom. The van der Waals surface area contributed by atoms with Gasteiger partial charge in [0.15, 0.2) is 5.69 Å². The summed E-state index contributed by atoms with van der Waals surface area (Å²) in [5, 5.41) is 13.3. The summed E-state index contributed by atoms with van der Waals surface area (Å²) < 4.78 is 1.99. The van der Waals surface area contributed by atoms with Crippen molar-refractivity contribution < 1.29 is 4.79 Å². The molecule has 1 aliphatic heterocycles. The van der Waals surface area contributed by atoms with Gasteiger partial charge in [-0.3, -0.25) is 15.2 Å². The highest BCUT2D eigenvalue weighted by atomic mass is 16.2. The van der Waals surface area contributed by atoms with Gasteiger partial charge in [-0.25, -0.2) is 4.98 Å². The van der Waals surface area contributed by atoms with Crippen molar-refractivity contribution in [2.24, 2.45) is 0 Å². The molecule has 1 aromatic carbocycles. The van der Waals surface area contributed by atoms with Crippen LogP contribution >= 0.6 is 0 Å². The van der Waals surface area contributed by atoms with Crippen molar-refractivity contribution in [3.8, 4) is 0 Å². The van der Waals surface area contributed by atoms with Gasteiger partial charge in [0.2, 0.25) is 5.95 Å². The molecule has 0 aliphatic carbocycles. The molecular weight excluding hydrogens is 292 g/mol.